The Balaban J connectivity index is 0.000000461. The van der Waals surface area contributed by atoms with Crippen LogP contribution < -0.4 is 11.3 Å². The summed E-state index contributed by atoms with van der Waals surface area (Å²) in [6, 6.07) is 7.64. The van der Waals surface area contributed by atoms with E-state index in [-0.39, 0.29) is 0 Å². The molecule has 0 aliphatic carbocycles. The van der Waals surface area contributed by atoms with Gasteiger partial charge in [-0.05, 0) is 24.3 Å². The van der Waals surface area contributed by atoms with E-state index in [1.807, 2.05) is 38.1 Å². The van der Waals surface area contributed by atoms with Gasteiger partial charge in [0.2, 0.25) is 0 Å². The van der Waals surface area contributed by atoms with Crippen LogP contribution >= 0.6 is 15.9 Å². The first kappa shape index (κ1) is 10.5. The van der Waals surface area contributed by atoms with Gasteiger partial charge in [-0.2, -0.15) is 0 Å². The van der Waals surface area contributed by atoms with Crippen molar-refractivity contribution < 1.29 is 0 Å². The SMILES string of the molecule is CC.NNc1ccc(Br)cc1. The molecule has 0 aliphatic rings. The van der Waals surface area contributed by atoms with Gasteiger partial charge >= 0.3 is 0 Å². The molecule has 62 valence electrons. The summed E-state index contributed by atoms with van der Waals surface area (Å²) >= 11 is 3.31. The quantitative estimate of drug-likeness (QED) is 0.560. The summed E-state index contributed by atoms with van der Waals surface area (Å²) in [5, 5.41) is 0. The number of benzene rings is 1. The molecule has 0 fully saturated rings. The minimum Gasteiger partial charge on any atom is -0.324 e. The monoisotopic (exact) mass is 216 g/mol. The summed E-state index contributed by atoms with van der Waals surface area (Å²) in [5.41, 5.74) is 3.45. The smallest absolute Gasteiger partial charge is 0.0485 e. The normalized spacial score (nSPS) is 8.00. The van der Waals surface area contributed by atoms with E-state index in [4.69, 9.17) is 5.84 Å². The van der Waals surface area contributed by atoms with Gasteiger partial charge in [-0.15, -0.1) is 0 Å². The van der Waals surface area contributed by atoms with Crippen LogP contribution in [0.25, 0.3) is 0 Å². The molecule has 0 saturated heterocycles. The fraction of sp³-hybridized carbons (Fsp3) is 0.250. The van der Waals surface area contributed by atoms with Gasteiger partial charge in [0.15, 0.2) is 0 Å². The first-order valence-corrected chi connectivity index (χ1v) is 4.34. The second-order valence-corrected chi connectivity index (χ2v) is 2.57. The molecule has 11 heavy (non-hydrogen) atoms. The Morgan fingerprint density at radius 3 is 2.00 bits per heavy atom. The van der Waals surface area contributed by atoms with Gasteiger partial charge < -0.3 is 5.43 Å². The topological polar surface area (TPSA) is 38.0 Å². The highest BCUT2D eigenvalue weighted by atomic mass is 79.9. The molecule has 1 rings (SSSR count). The Labute approximate surface area is 75.9 Å². The predicted octanol–water partition coefficient (Wildman–Crippen LogP) is 2.76. The number of nitrogens with one attached hydrogen (secondary N) is 1. The number of anilines is 1. The Morgan fingerprint density at radius 1 is 1.18 bits per heavy atom. The third-order valence-electron chi connectivity index (χ3n) is 1.01. The number of nitrogen functional groups attached to an aromatic ring is 1. The number of nitrogens with two attached hydrogens (primary N) is 1. The van der Waals surface area contributed by atoms with E-state index in [9.17, 15) is 0 Å². The molecule has 0 heterocycles. The molecule has 3 heteroatoms. The van der Waals surface area contributed by atoms with Crippen LogP contribution in [0.3, 0.4) is 0 Å². The summed E-state index contributed by atoms with van der Waals surface area (Å²) in [7, 11) is 0. The van der Waals surface area contributed by atoms with Crippen molar-refractivity contribution in [3.63, 3.8) is 0 Å². The third-order valence-corrected chi connectivity index (χ3v) is 1.54. The lowest BCUT2D eigenvalue weighted by molar-refractivity contribution is 1.35. The summed E-state index contributed by atoms with van der Waals surface area (Å²) in [5.74, 6) is 5.13. The number of hydrogen-bond acceptors (Lipinski definition) is 2. The van der Waals surface area contributed by atoms with Crippen LogP contribution in [-0.4, -0.2) is 0 Å². The molecule has 1 aromatic carbocycles. The molecule has 0 radical (unpaired) electrons. The fourth-order valence-corrected chi connectivity index (χ4v) is 0.810. The Kier molecular flexibility index (Phi) is 5.88. The highest BCUT2D eigenvalue weighted by Crippen LogP contribution is 2.12. The maximum atomic E-state index is 5.13. The van der Waals surface area contributed by atoms with E-state index in [2.05, 4.69) is 21.4 Å². The van der Waals surface area contributed by atoms with Gasteiger partial charge in [0.1, 0.15) is 0 Å². The van der Waals surface area contributed by atoms with Crippen LogP contribution in [0.1, 0.15) is 13.8 Å². The van der Waals surface area contributed by atoms with E-state index in [1.165, 1.54) is 0 Å². The molecule has 0 saturated carbocycles. The van der Waals surface area contributed by atoms with Crippen LogP contribution in [0.5, 0.6) is 0 Å². The molecule has 0 aromatic heterocycles. The molecule has 0 atom stereocenters. The zero-order valence-electron chi connectivity index (χ0n) is 6.76. The molecule has 2 nitrogen and oxygen atoms in total. The number of rotatable bonds is 1. The summed E-state index contributed by atoms with van der Waals surface area (Å²) in [6.45, 7) is 4.00. The molecule has 0 amide bonds. The summed E-state index contributed by atoms with van der Waals surface area (Å²) in [6.07, 6.45) is 0. The number of hydrogen-bond donors (Lipinski definition) is 2. The Morgan fingerprint density at radius 2 is 1.64 bits per heavy atom. The molecule has 3 N–H and O–H groups in total. The van der Waals surface area contributed by atoms with Crippen molar-refractivity contribution in [2.24, 2.45) is 5.84 Å². The van der Waals surface area contributed by atoms with E-state index >= 15 is 0 Å². The lowest BCUT2D eigenvalue weighted by Gasteiger charge is -1.96. The maximum Gasteiger partial charge on any atom is 0.0485 e. The van der Waals surface area contributed by atoms with Gasteiger partial charge in [-0.25, -0.2) is 0 Å². The standard InChI is InChI=1S/C6H7BrN2.C2H6/c7-5-1-3-6(9-8)4-2-5;1-2/h1-4,9H,8H2;1-2H3. The van der Waals surface area contributed by atoms with Gasteiger partial charge in [-0.1, -0.05) is 29.8 Å². The zero-order valence-corrected chi connectivity index (χ0v) is 8.35. The second kappa shape index (κ2) is 6.19. The van der Waals surface area contributed by atoms with Crippen molar-refractivity contribution in [2.75, 3.05) is 5.43 Å². The third kappa shape index (κ3) is 4.01. The molecule has 0 aliphatic heterocycles. The van der Waals surface area contributed by atoms with Crippen LogP contribution in [-0.2, 0) is 0 Å². The highest BCUT2D eigenvalue weighted by Gasteiger charge is 1.85. The average Bonchev–Trinajstić information content (AvgIpc) is 2.10. The highest BCUT2D eigenvalue weighted by molar-refractivity contribution is 9.10. The van der Waals surface area contributed by atoms with Crippen molar-refractivity contribution in [2.45, 2.75) is 13.8 Å². The molecule has 1 aromatic rings. The molecule has 0 unspecified atom stereocenters. The van der Waals surface area contributed by atoms with Crippen LogP contribution in [0.2, 0.25) is 0 Å². The summed E-state index contributed by atoms with van der Waals surface area (Å²) < 4.78 is 1.06. The molecular formula is C8H13BrN2. The summed E-state index contributed by atoms with van der Waals surface area (Å²) in [4.78, 5) is 0. The van der Waals surface area contributed by atoms with Crippen molar-refractivity contribution in [1.29, 1.82) is 0 Å². The Hall–Kier alpha value is -0.540. The van der Waals surface area contributed by atoms with Crippen LogP contribution in [0, 0.1) is 0 Å². The van der Waals surface area contributed by atoms with Crippen molar-refractivity contribution in [3.8, 4) is 0 Å². The minimum absolute atomic E-state index is 0.915. The molecule has 0 spiro atoms. The van der Waals surface area contributed by atoms with Gasteiger partial charge in [0.05, 0.1) is 0 Å². The fourth-order valence-electron chi connectivity index (χ4n) is 0.546. The Bertz CT molecular complexity index is 184. The van der Waals surface area contributed by atoms with Crippen molar-refractivity contribution in [1.82, 2.24) is 0 Å². The van der Waals surface area contributed by atoms with Gasteiger partial charge in [0, 0.05) is 10.2 Å². The average molecular weight is 217 g/mol. The maximum absolute atomic E-state index is 5.13. The second-order valence-electron chi connectivity index (χ2n) is 1.65. The molecular weight excluding hydrogens is 204 g/mol. The van der Waals surface area contributed by atoms with E-state index in [0.717, 1.165) is 10.2 Å². The van der Waals surface area contributed by atoms with Crippen molar-refractivity contribution >= 4 is 21.6 Å². The zero-order chi connectivity index (χ0) is 8.69. The number of halogens is 1. The van der Waals surface area contributed by atoms with Crippen LogP contribution in [0.4, 0.5) is 5.69 Å². The lowest BCUT2D eigenvalue weighted by Crippen LogP contribution is -2.05. The van der Waals surface area contributed by atoms with Gasteiger partial charge in [0.25, 0.3) is 0 Å². The van der Waals surface area contributed by atoms with E-state index in [1.54, 1.807) is 0 Å². The van der Waals surface area contributed by atoms with Crippen molar-refractivity contribution in [3.05, 3.63) is 28.7 Å². The van der Waals surface area contributed by atoms with Crippen LogP contribution in [0.15, 0.2) is 28.7 Å². The van der Waals surface area contributed by atoms with E-state index < -0.39 is 0 Å². The predicted molar refractivity (Wildman–Crippen MR) is 53.3 cm³/mol. The minimum atomic E-state index is 0.915. The lowest BCUT2D eigenvalue weighted by atomic mass is 10.3. The van der Waals surface area contributed by atoms with Gasteiger partial charge in [-0.3, -0.25) is 5.84 Å². The number of hydrazine groups is 1. The largest absolute Gasteiger partial charge is 0.324 e. The molecule has 0 bridgehead atoms. The first-order chi connectivity index (χ1) is 5.33. The first-order valence-electron chi connectivity index (χ1n) is 3.55. The van der Waals surface area contributed by atoms with E-state index in [0.29, 0.717) is 0 Å².